The van der Waals surface area contributed by atoms with E-state index in [0.717, 1.165) is 25.9 Å². The second-order valence-electron chi connectivity index (χ2n) is 7.05. The van der Waals surface area contributed by atoms with Gasteiger partial charge >= 0.3 is 0 Å². The van der Waals surface area contributed by atoms with Crippen molar-refractivity contribution in [2.75, 3.05) is 23.3 Å². The molecule has 8 nitrogen and oxygen atoms in total. The van der Waals surface area contributed by atoms with Gasteiger partial charge in [0, 0.05) is 36.0 Å². The van der Waals surface area contributed by atoms with E-state index in [1.807, 2.05) is 4.90 Å². The third-order valence-corrected chi connectivity index (χ3v) is 4.86. The first-order chi connectivity index (χ1) is 13.3. The number of nitro groups is 1. The summed E-state index contributed by atoms with van der Waals surface area (Å²) in [5.74, 6) is -0.552. The Balaban J connectivity index is 1.81. The molecule has 3 rings (SSSR count). The van der Waals surface area contributed by atoms with Crippen molar-refractivity contribution in [1.82, 2.24) is 0 Å². The third kappa shape index (κ3) is 4.28. The zero-order chi connectivity index (χ0) is 20.3. The molecule has 0 aliphatic carbocycles. The molecular formula is C20H22N4O4. The number of nitrogens with two attached hydrogens (primary N) is 1. The van der Waals surface area contributed by atoms with Crippen LogP contribution in [0.4, 0.5) is 17.1 Å². The maximum Gasteiger partial charge on any atom is 0.293 e. The average Bonchev–Trinajstić information content (AvgIpc) is 2.67. The summed E-state index contributed by atoms with van der Waals surface area (Å²) in [6.45, 7) is 3.66. The van der Waals surface area contributed by atoms with Crippen LogP contribution in [0.25, 0.3) is 0 Å². The standard InChI is InChI=1S/C20H22N4O4/c1-13-3-2-10-23(12-13)17-9-6-15(11-18(17)24(27)28)20(26)22-16-7-4-14(5-8-16)19(21)25/h4-9,11,13H,2-3,10,12H2,1H3,(H2,21,25)(H,22,26). The fourth-order valence-electron chi connectivity index (χ4n) is 3.41. The lowest BCUT2D eigenvalue weighted by atomic mass is 9.99. The van der Waals surface area contributed by atoms with E-state index in [9.17, 15) is 19.7 Å². The number of anilines is 2. The number of hydrogen-bond acceptors (Lipinski definition) is 5. The Bertz CT molecular complexity index is 911. The number of nitrogens with zero attached hydrogens (tertiary/aromatic N) is 2. The molecule has 0 saturated carbocycles. The molecule has 0 aromatic heterocycles. The molecule has 0 bridgehead atoms. The molecule has 2 aromatic rings. The van der Waals surface area contributed by atoms with Crippen molar-refractivity contribution in [3.8, 4) is 0 Å². The molecule has 1 atom stereocenters. The Labute approximate surface area is 162 Å². The van der Waals surface area contributed by atoms with Gasteiger partial charge in [-0.3, -0.25) is 19.7 Å². The first-order valence-corrected chi connectivity index (χ1v) is 9.09. The maximum atomic E-state index is 12.5. The molecule has 3 N–H and O–H groups in total. The Morgan fingerprint density at radius 1 is 1.18 bits per heavy atom. The minimum atomic E-state index is -0.559. The van der Waals surface area contributed by atoms with Crippen LogP contribution in [0.3, 0.4) is 0 Å². The molecule has 1 fully saturated rings. The highest BCUT2D eigenvalue weighted by atomic mass is 16.6. The minimum Gasteiger partial charge on any atom is -0.366 e. The van der Waals surface area contributed by atoms with Crippen LogP contribution in [0.15, 0.2) is 42.5 Å². The van der Waals surface area contributed by atoms with Gasteiger partial charge < -0.3 is 16.0 Å². The van der Waals surface area contributed by atoms with Crippen LogP contribution in [0.2, 0.25) is 0 Å². The van der Waals surface area contributed by atoms with Crippen molar-refractivity contribution >= 4 is 28.9 Å². The van der Waals surface area contributed by atoms with Crippen molar-refractivity contribution in [2.24, 2.45) is 11.7 Å². The van der Waals surface area contributed by atoms with Gasteiger partial charge in [0.05, 0.1) is 4.92 Å². The number of hydrogen-bond donors (Lipinski definition) is 2. The number of primary amides is 1. The molecule has 1 heterocycles. The summed E-state index contributed by atoms with van der Waals surface area (Å²) in [6.07, 6.45) is 2.10. The topological polar surface area (TPSA) is 119 Å². The maximum absolute atomic E-state index is 12.5. The van der Waals surface area contributed by atoms with E-state index in [1.54, 1.807) is 24.3 Å². The minimum absolute atomic E-state index is 0.0779. The summed E-state index contributed by atoms with van der Waals surface area (Å²) < 4.78 is 0. The highest BCUT2D eigenvalue weighted by molar-refractivity contribution is 6.05. The van der Waals surface area contributed by atoms with Gasteiger partial charge in [0.15, 0.2) is 0 Å². The van der Waals surface area contributed by atoms with Crippen LogP contribution < -0.4 is 16.0 Å². The van der Waals surface area contributed by atoms with E-state index in [1.165, 1.54) is 18.2 Å². The molecular weight excluding hydrogens is 360 g/mol. The van der Waals surface area contributed by atoms with E-state index in [4.69, 9.17) is 5.73 Å². The average molecular weight is 382 g/mol. The molecule has 28 heavy (non-hydrogen) atoms. The molecule has 8 heteroatoms. The van der Waals surface area contributed by atoms with Crippen molar-refractivity contribution in [2.45, 2.75) is 19.8 Å². The van der Waals surface area contributed by atoms with Gasteiger partial charge in [-0.1, -0.05) is 6.92 Å². The van der Waals surface area contributed by atoms with Gasteiger partial charge in [-0.15, -0.1) is 0 Å². The van der Waals surface area contributed by atoms with Crippen LogP contribution in [0.5, 0.6) is 0 Å². The lowest BCUT2D eigenvalue weighted by Gasteiger charge is -2.32. The van der Waals surface area contributed by atoms with Crippen LogP contribution in [-0.4, -0.2) is 29.8 Å². The van der Waals surface area contributed by atoms with Crippen molar-refractivity contribution < 1.29 is 14.5 Å². The quantitative estimate of drug-likeness (QED) is 0.608. The van der Waals surface area contributed by atoms with Gasteiger partial charge in [0.25, 0.3) is 11.6 Å². The fourth-order valence-corrected chi connectivity index (χ4v) is 3.41. The molecule has 1 unspecified atom stereocenters. The first-order valence-electron chi connectivity index (χ1n) is 9.09. The smallest absolute Gasteiger partial charge is 0.293 e. The lowest BCUT2D eigenvalue weighted by Crippen LogP contribution is -2.34. The van der Waals surface area contributed by atoms with E-state index < -0.39 is 16.7 Å². The van der Waals surface area contributed by atoms with E-state index in [-0.39, 0.29) is 11.3 Å². The van der Waals surface area contributed by atoms with Gasteiger partial charge in [-0.25, -0.2) is 0 Å². The number of benzene rings is 2. The molecule has 0 radical (unpaired) electrons. The molecule has 1 saturated heterocycles. The lowest BCUT2D eigenvalue weighted by molar-refractivity contribution is -0.384. The van der Waals surface area contributed by atoms with Gasteiger partial charge in [0.1, 0.15) is 5.69 Å². The number of rotatable bonds is 5. The van der Waals surface area contributed by atoms with E-state index >= 15 is 0 Å². The SMILES string of the molecule is CC1CCCN(c2ccc(C(=O)Nc3ccc(C(N)=O)cc3)cc2[N+](=O)[O-])C1. The number of amides is 2. The van der Waals surface area contributed by atoms with Crippen molar-refractivity contribution in [1.29, 1.82) is 0 Å². The number of carbonyl (C=O) groups excluding carboxylic acids is 2. The van der Waals surface area contributed by atoms with Gasteiger partial charge in [0.2, 0.25) is 5.91 Å². The normalized spacial score (nSPS) is 16.5. The molecule has 0 spiro atoms. The van der Waals surface area contributed by atoms with Crippen LogP contribution in [0.1, 0.15) is 40.5 Å². The second kappa shape index (κ2) is 8.08. The Morgan fingerprint density at radius 3 is 2.46 bits per heavy atom. The summed E-state index contributed by atoms with van der Waals surface area (Å²) in [7, 11) is 0. The molecule has 1 aliphatic heterocycles. The van der Waals surface area contributed by atoms with Gasteiger partial charge in [-0.05, 0) is 55.2 Å². The van der Waals surface area contributed by atoms with Gasteiger partial charge in [-0.2, -0.15) is 0 Å². The summed E-state index contributed by atoms with van der Waals surface area (Å²) >= 11 is 0. The number of piperidine rings is 1. The highest BCUT2D eigenvalue weighted by Crippen LogP contribution is 2.32. The molecule has 146 valence electrons. The van der Waals surface area contributed by atoms with E-state index in [2.05, 4.69) is 12.2 Å². The predicted molar refractivity (Wildman–Crippen MR) is 107 cm³/mol. The second-order valence-corrected chi connectivity index (χ2v) is 7.05. The summed E-state index contributed by atoms with van der Waals surface area (Å²) in [4.78, 5) is 36.8. The third-order valence-electron chi connectivity index (χ3n) is 4.86. The molecule has 2 amide bonds. The Hall–Kier alpha value is -3.42. The highest BCUT2D eigenvalue weighted by Gasteiger charge is 2.25. The number of carbonyl (C=O) groups is 2. The van der Waals surface area contributed by atoms with Crippen LogP contribution in [0, 0.1) is 16.0 Å². The number of nitro benzene ring substituents is 1. The van der Waals surface area contributed by atoms with Crippen molar-refractivity contribution in [3.05, 3.63) is 63.7 Å². The fraction of sp³-hybridized carbons (Fsp3) is 0.300. The summed E-state index contributed by atoms with van der Waals surface area (Å²) in [5.41, 5.74) is 6.64. The predicted octanol–water partition coefficient (Wildman–Crippen LogP) is 3.18. The molecule has 2 aromatic carbocycles. The number of nitrogens with one attached hydrogen (secondary N) is 1. The zero-order valence-corrected chi connectivity index (χ0v) is 15.6. The zero-order valence-electron chi connectivity index (χ0n) is 15.6. The monoisotopic (exact) mass is 382 g/mol. The van der Waals surface area contributed by atoms with E-state index in [0.29, 0.717) is 22.9 Å². The first kappa shape index (κ1) is 19.3. The summed E-state index contributed by atoms with van der Waals surface area (Å²) in [5, 5.41) is 14.3. The molecule has 1 aliphatic rings. The largest absolute Gasteiger partial charge is 0.366 e. The summed E-state index contributed by atoms with van der Waals surface area (Å²) in [6, 6.07) is 10.6. The van der Waals surface area contributed by atoms with Crippen LogP contribution >= 0.6 is 0 Å². The Kier molecular flexibility index (Phi) is 5.58. The van der Waals surface area contributed by atoms with Crippen LogP contribution in [-0.2, 0) is 0 Å². The van der Waals surface area contributed by atoms with Crippen molar-refractivity contribution in [3.63, 3.8) is 0 Å². The Morgan fingerprint density at radius 2 is 1.86 bits per heavy atom.